The van der Waals surface area contributed by atoms with E-state index in [9.17, 15) is 4.39 Å². The quantitative estimate of drug-likeness (QED) is 0.510. The summed E-state index contributed by atoms with van der Waals surface area (Å²) in [5, 5.41) is 0. The summed E-state index contributed by atoms with van der Waals surface area (Å²) in [6, 6.07) is 1.40. The Kier molecular flexibility index (Phi) is 3.23. The fourth-order valence-corrected chi connectivity index (χ4v) is 0.967. The van der Waals surface area contributed by atoms with E-state index in [1.165, 1.54) is 12.3 Å². The van der Waals surface area contributed by atoms with E-state index in [0.29, 0.717) is 5.88 Å². The SMILES string of the molecule is Cc1cc(F)ncc1C=CCCl. The number of aryl methyl sites for hydroxylation is 1. The van der Waals surface area contributed by atoms with Crippen LogP contribution in [0.3, 0.4) is 0 Å². The summed E-state index contributed by atoms with van der Waals surface area (Å²) >= 11 is 5.45. The molecule has 0 aliphatic carbocycles. The standard InChI is InChI=1S/C9H9ClFN/c1-7-5-9(11)12-6-8(7)3-2-4-10/h2-3,5-6H,4H2,1H3. The molecular weight excluding hydrogens is 177 g/mol. The Labute approximate surface area is 75.9 Å². The van der Waals surface area contributed by atoms with Crippen molar-refractivity contribution in [3.8, 4) is 0 Å². The molecular formula is C9H9ClFN. The van der Waals surface area contributed by atoms with Crippen LogP contribution in [0.4, 0.5) is 4.39 Å². The Morgan fingerprint density at radius 1 is 1.67 bits per heavy atom. The summed E-state index contributed by atoms with van der Waals surface area (Å²) in [7, 11) is 0. The maximum Gasteiger partial charge on any atom is 0.213 e. The van der Waals surface area contributed by atoms with Crippen LogP contribution in [0.15, 0.2) is 18.3 Å². The van der Waals surface area contributed by atoms with Crippen molar-refractivity contribution in [1.82, 2.24) is 4.98 Å². The molecule has 64 valence electrons. The van der Waals surface area contributed by atoms with Crippen molar-refractivity contribution in [1.29, 1.82) is 0 Å². The highest BCUT2D eigenvalue weighted by Gasteiger charge is 1.96. The molecule has 0 spiro atoms. The molecule has 0 amide bonds. The molecule has 1 rings (SSSR count). The van der Waals surface area contributed by atoms with Gasteiger partial charge in [0.25, 0.3) is 0 Å². The van der Waals surface area contributed by atoms with Crippen molar-refractivity contribution in [2.24, 2.45) is 0 Å². The van der Waals surface area contributed by atoms with Gasteiger partial charge >= 0.3 is 0 Å². The summed E-state index contributed by atoms with van der Waals surface area (Å²) in [4.78, 5) is 3.53. The maximum atomic E-state index is 12.5. The van der Waals surface area contributed by atoms with Gasteiger partial charge in [0.05, 0.1) is 0 Å². The molecule has 0 aliphatic rings. The molecule has 0 bridgehead atoms. The van der Waals surface area contributed by atoms with Gasteiger partial charge in [-0.3, -0.25) is 0 Å². The Morgan fingerprint density at radius 3 is 3.00 bits per heavy atom. The number of hydrogen-bond donors (Lipinski definition) is 0. The fraction of sp³-hybridized carbons (Fsp3) is 0.222. The van der Waals surface area contributed by atoms with Gasteiger partial charge in [0.2, 0.25) is 5.95 Å². The van der Waals surface area contributed by atoms with Crippen molar-refractivity contribution in [2.75, 3.05) is 5.88 Å². The first-order valence-electron chi connectivity index (χ1n) is 3.58. The minimum Gasteiger partial charge on any atom is -0.228 e. The molecule has 0 saturated carbocycles. The van der Waals surface area contributed by atoms with E-state index in [0.717, 1.165) is 11.1 Å². The smallest absolute Gasteiger partial charge is 0.213 e. The van der Waals surface area contributed by atoms with Crippen molar-refractivity contribution >= 4 is 17.7 Å². The number of rotatable bonds is 2. The van der Waals surface area contributed by atoms with Crippen LogP contribution in [0.5, 0.6) is 0 Å². The first kappa shape index (κ1) is 9.20. The minimum absolute atomic E-state index is 0.449. The number of nitrogens with zero attached hydrogens (tertiary/aromatic N) is 1. The lowest BCUT2D eigenvalue weighted by atomic mass is 10.1. The van der Waals surface area contributed by atoms with E-state index in [1.54, 1.807) is 6.08 Å². The number of halogens is 2. The van der Waals surface area contributed by atoms with Crippen LogP contribution >= 0.6 is 11.6 Å². The topological polar surface area (TPSA) is 12.9 Å². The Bertz CT molecular complexity index is 297. The lowest BCUT2D eigenvalue weighted by Crippen LogP contribution is -1.87. The molecule has 0 radical (unpaired) electrons. The second-order valence-corrected chi connectivity index (χ2v) is 2.73. The summed E-state index contributed by atoms with van der Waals surface area (Å²) in [6.45, 7) is 1.83. The first-order chi connectivity index (χ1) is 5.74. The van der Waals surface area contributed by atoms with Gasteiger partial charge in [0.1, 0.15) is 0 Å². The van der Waals surface area contributed by atoms with E-state index >= 15 is 0 Å². The largest absolute Gasteiger partial charge is 0.228 e. The highest BCUT2D eigenvalue weighted by molar-refractivity contribution is 6.19. The third-order valence-electron chi connectivity index (χ3n) is 1.50. The van der Waals surface area contributed by atoms with Gasteiger partial charge in [-0.2, -0.15) is 4.39 Å². The summed E-state index contributed by atoms with van der Waals surface area (Å²) < 4.78 is 12.5. The second-order valence-electron chi connectivity index (χ2n) is 2.42. The van der Waals surface area contributed by atoms with E-state index in [2.05, 4.69) is 4.98 Å². The highest BCUT2D eigenvalue weighted by atomic mass is 35.5. The van der Waals surface area contributed by atoms with Crippen LogP contribution in [0.1, 0.15) is 11.1 Å². The number of aromatic nitrogens is 1. The summed E-state index contributed by atoms with van der Waals surface area (Å²) in [5.41, 5.74) is 1.76. The van der Waals surface area contributed by atoms with Gasteiger partial charge in [-0.15, -0.1) is 11.6 Å². The zero-order valence-corrected chi connectivity index (χ0v) is 7.48. The van der Waals surface area contributed by atoms with E-state index in [1.807, 2.05) is 13.0 Å². The molecule has 1 aromatic rings. The van der Waals surface area contributed by atoms with E-state index < -0.39 is 5.95 Å². The van der Waals surface area contributed by atoms with Gasteiger partial charge in [0.15, 0.2) is 0 Å². The van der Waals surface area contributed by atoms with Crippen LogP contribution < -0.4 is 0 Å². The normalized spacial score (nSPS) is 10.9. The van der Waals surface area contributed by atoms with Gasteiger partial charge in [-0.05, 0) is 24.1 Å². The molecule has 1 nitrogen and oxygen atoms in total. The van der Waals surface area contributed by atoms with E-state index in [4.69, 9.17) is 11.6 Å². The highest BCUT2D eigenvalue weighted by Crippen LogP contribution is 2.09. The van der Waals surface area contributed by atoms with Crippen LogP contribution in [0, 0.1) is 12.9 Å². The van der Waals surface area contributed by atoms with Gasteiger partial charge in [0, 0.05) is 12.1 Å². The summed E-state index contributed by atoms with van der Waals surface area (Å²) in [5.74, 6) is 0.00659. The Hall–Kier alpha value is -0.890. The maximum absolute atomic E-state index is 12.5. The lowest BCUT2D eigenvalue weighted by Gasteiger charge is -1.97. The average molecular weight is 186 g/mol. The van der Waals surface area contributed by atoms with Crippen molar-refractivity contribution in [3.05, 3.63) is 35.4 Å². The van der Waals surface area contributed by atoms with E-state index in [-0.39, 0.29) is 0 Å². The molecule has 3 heteroatoms. The number of hydrogen-bond acceptors (Lipinski definition) is 1. The van der Waals surface area contributed by atoms with Gasteiger partial charge in [-0.25, -0.2) is 4.98 Å². The fourth-order valence-electron chi connectivity index (χ4n) is 0.878. The minimum atomic E-state index is -0.449. The van der Waals surface area contributed by atoms with Gasteiger partial charge in [-0.1, -0.05) is 12.2 Å². The van der Waals surface area contributed by atoms with Crippen LogP contribution in [0.2, 0.25) is 0 Å². The zero-order chi connectivity index (χ0) is 8.97. The third-order valence-corrected chi connectivity index (χ3v) is 1.68. The molecule has 0 aromatic carbocycles. The molecule has 12 heavy (non-hydrogen) atoms. The Morgan fingerprint density at radius 2 is 2.42 bits per heavy atom. The predicted molar refractivity (Wildman–Crippen MR) is 48.7 cm³/mol. The number of allylic oxidation sites excluding steroid dienone is 1. The lowest BCUT2D eigenvalue weighted by molar-refractivity contribution is 0.582. The predicted octanol–water partition coefficient (Wildman–Crippen LogP) is 2.78. The zero-order valence-electron chi connectivity index (χ0n) is 6.72. The van der Waals surface area contributed by atoms with Crippen molar-refractivity contribution < 1.29 is 4.39 Å². The first-order valence-corrected chi connectivity index (χ1v) is 4.12. The molecule has 1 aromatic heterocycles. The average Bonchev–Trinajstić information content (AvgIpc) is 2.03. The molecule has 0 saturated heterocycles. The Balaban J connectivity index is 2.94. The van der Waals surface area contributed by atoms with Crippen LogP contribution in [0.25, 0.3) is 6.08 Å². The van der Waals surface area contributed by atoms with Crippen LogP contribution in [-0.2, 0) is 0 Å². The monoisotopic (exact) mass is 185 g/mol. The molecule has 0 atom stereocenters. The summed E-state index contributed by atoms with van der Waals surface area (Å²) in [6.07, 6.45) is 5.12. The molecule has 0 aliphatic heterocycles. The molecule has 0 unspecified atom stereocenters. The number of alkyl halides is 1. The van der Waals surface area contributed by atoms with Crippen LogP contribution in [-0.4, -0.2) is 10.9 Å². The number of pyridine rings is 1. The third kappa shape index (κ3) is 2.31. The molecule has 0 fully saturated rings. The van der Waals surface area contributed by atoms with Gasteiger partial charge < -0.3 is 0 Å². The molecule has 0 N–H and O–H groups in total. The molecule has 1 heterocycles. The van der Waals surface area contributed by atoms with Crippen molar-refractivity contribution in [2.45, 2.75) is 6.92 Å². The second kappa shape index (κ2) is 4.21. The van der Waals surface area contributed by atoms with Crippen molar-refractivity contribution in [3.63, 3.8) is 0 Å².